The topological polar surface area (TPSA) is 56.0 Å². The maximum Gasteiger partial charge on any atom is 0.287 e. The van der Waals surface area contributed by atoms with E-state index in [1.54, 1.807) is 0 Å². The minimum atomic E-state index is -0.479. The molecule has 5 heteroatoms. The van der Waals surface area contributed by atoms with Gasteiger partial charge < -0.3 is 0 Å². The van der Waals surface area contributed by atoms with E-state index in [1.807, 2.05) is 0 Å². The molecule has 4 nitrogen and oxygen atoms in total. The molecule has 0 atom stereocenters. The second kappa shape index (κ2) is 4.06. The third kappa shape index (κ3) is 2.19. The van der Waals surface area contributed by atoms with Crippen molar-refractivity contribution in [2.24, 2.45) is 0 Å². The van der Waals surface area contributed by atoms with Crippen LogP contribution in [0.2, 0.25) is 0 Å². The van der Waals surface area contributed by atoms with Crippen molar-refractivity contribution in [1.29, 1.82) is 0 Å². The van der Waals surface area contributed by atoms with Gasteiger partial charge in [-0.15, -0.1) is 0 Å². The molecule has 0 amide bonds. The van der Waals surface area contributed by atoms with E-state index < -0.39 is 4.92 Å². The molecule has 1 heterocycles. The van der Waals surface area contributed by atoms with Crippen molar-refractivity contribution in [2.75, 3.05) is 0 Å². The monoisotopic (exact) mass is 226 g/mol. The maximum absolute atomic E-state index is 9.97. The van der Waals surface area contributed by atoms with Gasteiger partial charge in [-0.05, 0) is 6.07 Å². The predicted molar refractivity (Wildman–Crippen MR) is 30.9 cm³/mol. The fraction of sp³-hybridized carbons (Fsp3) is 0. The Morgan fingerprint density at radius 2 is 2.30 bits per heavy atom. The van der Waals surface area contributed by atoms with Crippen LogP contribution < -0.4 is 0 Å². The molecule has 1 aromatic rings. The minimum absolute atomic E-state index is 0. The Kier molecular flexibility index (Phi) is 3.73. The molecule has 0 unspecified atom stereocenters. The first-order chi connectivity index (χ1) is 4.30. The van der Waals surface area contributed by atoms with Crippen LogP contribution in [0.15, 0.2) is 24.5 Å². The van der Waals surface area contributed by atoms with Crippen LogP contribution in [0.5, 0.6) is 0 Å². The van der Waals surface area contributed by atoms with Crippen molar-refractivity contribution >= 4 is 5.69 Å². The fourth-order valence-corrected chi connectivity index (χ4v) is 0.462. The van der Waals surface area contributed by atoms with Crippen LogP contribution >= 0.6 is 0 Å². The van der Waals surface area contributed by atoms with Crippen molar-refractivity contribution < 1.29 is 24.4 Å². The molecule has 0 aliphatic carbocycles. The average molecular weight is 225 g/mol. The molecular weight excluding hydrogens is 221 g/mol. The molecule has 0 saturated heterocycles. The molecule has 10 heavy (non-hydrogen) atoms. The third-order valence-corrected chi connectivity index (χ3v) is 0.857. The first-order valence-corrected chi connectivity index (χ1v) is 2.35. The zero-order valence-corrected chi connectivity index (χ0v) is 6.61. The number of pyridine rings is 1. The summed E-state index contributed by atoms with van der Waals surface area (Å²) in [4.78, 5) is 13.1. The summed E-state index contributed by atoms with van der Waals surface area (Å²) in [6.07, 6.45) is 2.70. The molecule has 0 fully saturated rings. The van der Waals surface area contributed by atoms with Gasteiger partial charge in [-0.3, -0.25) is 15.1 Å². The number of aromatic nitrogens is 1. The zero-order chi connectivity index (χ0) is 6.69. The quantitative estimate of drug-likeness (QED) is 0.407. The van der Waals surface area contributed by atoms with Gasteiger partial charge in [-0.25, -0.2) is 0 Å². The van der Waals surface area contributed by atoms with E-state index in [1.165, 1.54) is 24.5 Å². The van der Waals surface area contributed by atoms with Crippen LogP contribution in [0.1, 0.15) is 0 Å². The van der Waals surface area contributed by atoms with Gasteiger partial charge in [0.2, 0.25) is 0 Å². The van der Waals surface area contributed by atoms with Gasteiger partial charge in [0.25, 0.3) is 5.69 Å². The Morgan fingerprint density at radius 1 is 1.60 bits per heavy atom. The first-order valence-electron chi connectivity index (χ1n) is 2.35. The largest absolute Gasteiger partial charge is 0.287 e. The zero-order valence-electron chi connectivity index (χ0n) is 4.87. The molecular formula is C5H4N2O2Ru. The molecule has 0 N–H and O–H groups in total. The molecule has 0 bridgehead atoms. The summed E-state index contributed by atoms with van der Waals surface area (Å²) in [5, 5.41) is 9.97. The smallest absolute Gasteiger partial charge is 0.258 e. The Labute approximate surface area is 70.2 Å². The van der Waals surface area contributed by atoms with E-state index in [2.05, 4.69) is 4.98 Å². The summed E-state index contributed by atoms with van der Waals surface area (Å²) in [6, 6.07) is 2.92. The van der Waals surface area contributed by atoms with Gasteiger partial charge in [0, 0.05) is 31.7 Å². The summed E-state index contributed by atoms with van der Waals surface area (Å²) < 4.78 is 0. The van der Waals surface area contributed by atoms with Crippen molar-refractivity contribution in [3.63, 3.8) is 0 Å². The predicted octanol–water partition coefficient (Wildman–Crippen LogP) is 0.987. The fourth-order valence-electron chi connectivity index (χ4n) is 0.462. The summed E-state index contributed by atoms with van der Waals surface area (Å²) in [7, 11) is 0. The standard InChI is InChI=1S/C5H4N2O2.Ru/c8-7(9)5-2-1-3-6-4-5;/h1-4H;. The normalized spacial score (nSPS) is 8.00. The number of hydrogen-bond acceptors (Lipinski definition) is 3. The molecule has 0 aliphatic rings. The van der Waals surface area contributed by atoms with Gasteiger partial charge in [0.15, 0.2) is 0 Å². The average Bonchev–Trinajstić information content (AvgIpc) is 1.90. The summed E-state index contributed by atoms with van der Waals surface area (Å²) >= 11 is 0. The molecule has 1 rings (SSSR count). The Bertz CT molecular complexity index is 214. The number of nitro groups is 1. The van der Waals surface area contributed by atoms with E-state index in [9.17, 15) is 10.1 Å². The van der Waals surface area contributed by atoms with Crippen LogP contribution in [-0.2, 0) is 19.5 Å². The minimum Gasteiger partial charge on any atom is -0.258 e. The number of hydrogen-bond donors (Lipinski definition) is 0. The summed E-state index contributed by atoms with van der Waals surface area (Å²) in [5.41, 5.74) is 0.0255. The molecule has 0 aromatic carbocycles. The maximum atomic E-state index is 9.97. The van der Waals surface area contributed by atoms with E-state index >= 15 is 0 Å². The summed E-state index contributed by atoms with van der Waals surface area (Å²) in [6.45, 7) is 0. The Balaban J connectivity index is 0.000000810. The van der Waals surface area contributed by atoms with Gasteiger partial charge >= 0.3 is 0 Å². The SMILES string of the molecule is O=[N+]([O-])c1cccnc1.[Ru]. The number of rotatable bonds is 1. The molecule has 0 spiro atoms. The molecule has 0 aliphatic heterocycles. The van der Waals surface area contributed by atoms with Crippen molar-refractivity contribution in [1.82, 2.24) is 4.98 Å². The van der Waals surface area contributed by atoms with Crippen LogP contribution in [0.25, 0.3) is 0 Å². The molecule has 0 radical (unpaired) electrons. The van der Waals surface area contributed by atoms with E-state index in [0.717, 1.165) is 0 Å². The van der Waals surface area contributed by atoms with Crippen LogP contribution in [-0.4, -0.2) is 9.91 Å². The van der Waals surface area contributed by atoms with Crippen LogP contribution in [0.3, 0.4) is 0 Å². The molecule has 0 saturated carbocycles. The Hall–Kier alpha value is -0.827. The Morgan fingerprint density at radius 3 is 2.60 bits per heavy atom. The van der Waals surface area contributed by atoms with Crippen molar-refractivity contribution in [3.8, 4) is 0 Å². The van der Waals surface area contributed by atoms with Gasteiger partial charge in [-0.2, -0.15) is 0 Å². The third-order valence-electron chi connectivity index (χ3n) is 0.857. The molecule has 1 aromatic heterocycles. The summed E-state index contributed by atoms with van der Waals surface area (Å²) in [5.74, 6) is 0. The van der Waals surface area contributed by atoms with Crippen LogP contribution in [0.4, 0.5) is 5.69 Å². The first kappa shape index (κ1) is 9.17. The van der Waals surface area contributed by atoms with Gasteiger partial charge in [0.05, 0.1) is 4.92 Å². The van der Waals surface area contributed by atoms with Crippen LogP contribution in [0, 0.1) is 10.1 Å². The second-order valence-corrected chi connectivity index (χ2v) is 1.47. The van der Waals surface area contributed by atoms with Gasteiger partial charge in [-0.1, -0.05) is 0 Å². The second-order valence-electron chi connectivity index (χ2n) is 1.47. The molecule has 54 valence electrons. The van der Waals surface area contributed by atoms with Crippen molar-refractivity contribution in [3.05, 3.63) is 34.6 Å². The van der Waals surface area contributed by atoms with Crippen molar-refractivity contribution in [2.45, 2.75) is 0 Å². The number of nitrogens with zero attached hydrogens (tertiary/aromatic N) is 2. The van der Waals surface area contributed by atoms with E-state index in [-0.39, 0.29) is 25.2 Å². The van der Waals surface area contributed by atoms with E-state index in [4.69, 9.17) is 0 Å². The van der Waals surface area contributed by atoms with Gasteiger partial charge in [0.1, 0.15) is 6.20 Å². The van der Waals surface area contributed by atoms with E-state index in [0.29, 0.717) is 0 Å².